The van der Waals surface area contributed by atoms with Crippen LogP contribution in [0.5, 0.6) is 0 Å². The van der Waals surface area contributed by atoms with Gasteiger partial charge in [-0.05, 0) is 53.9 Å². The Morgan fingerprint density at radius 3 is 2.71 bits per heavy atom. The van der Waals surface area contributed by atoms with Crippen LogP contribution in [0.2, 0.25) is 0 Å². The van der Waals surface area contributed by atoms with Crippen molar-refractivity contribution in [2.45, 2.75) is 37.9 Å². The molecule has 112 valence electrons. The summed E-state index contributed by atoms with van der Waals surface area (Å²) in [6.07, 6.45) is 2.47. The van der Waals surface area contributed by atoms with Crippen molar-refractivity contribution in [3.8, 4) is 0 Å². The molecule has 1 fully saturated rings. The third kappa shape index (κ3) is 3.24. The number of benzene rings is 1. The maximum atomic E-state index is 6.35. The molecule has 0 aliphatic carbocycles. The summed E-state index contributed by atoms with van der Waals surface area (Å²) >= 11 is 5.37. The maximum absolute atomic E-state index is 6.35. The highest BCUT2D eigenvalue weighted by molar-refractivity contribution is 9.10. The fourth-order valence-corrected chi connectivity index (χ4v) is 5.04. The van der Waals surface area contributed by atoms with Gasteiger partial charge in [0.25, 0.3) is 0 Å². The predicted octanol–water partition coefficient (Wildman–Crippen LogP) is 4.74. The first kappa shape index (κ1) is 15.2. The molecule has 1 aliphatic heterocycles. The van der Waals surface area contributed by atoms with Gasteiger partial charge in [-0.3, -0.25) is 4.90 Å². The summed E-state index contributed by atoms with van der Waals surface area (Å²) in [5.41, 5.74) is 7.76. The van der Waals surface area contributed by atoms with Crippen LogP contribution in [0.1, 0.15) is 42.3 Å². The van der Waals surface area contributed by atoms with E-state index < -0.39 is 0 Å². The van der Waals surface area contributed by atoms with Crippen LogP contribution in [0.3, 0.4) is 0 Å². The van der Waals surface area contributed by atoms with Gasteiger partial charge in [-0.2, -0.15) is 0 Å². The number of hydrogen-bond donors (Lipinski definition) is 1. The van der Waals surface area contributed by atoms with Gasteiger partial charge in [0.15, 0.2) is 0 Å². The number of hydrogen-bond acceptors (Lipinski definition) is 3. The highest BCUT2D eigenvalue weighted by Crippen LogP contribution is 2.41. The van der Waals surface area contributed by atoms with Crippen molar-refractivity contribution in [1.29, 1.82) is 0 Å². The predicted molar refractivity (Wildman–Crippen MR) is 93.5 cm³/mol. The fourth-order valence-electron chi connectivity index (χ4n) is 3.36. The van der Waals surface area contributed by atoms with Crippen LogP contribution in [-0.2, 0) is 0 Å². The number of rotatable bonds is 4. The minimum Gasteiger partial charge on any atom is -0.326 e. The standard InChI is InChI=1S/C17H21BrN2S/c1-12(19)17(16-10-14(18)11-21-16)20-9-5-8-15(20)13-6-3-2-4-7-13/h2-4,6-7,10-12,15,17H,5,8-9,19H2,1H3. The SMILES string of the molecule is CC(N)C(c1cc(Br)cs1)N1CCCC1c1ccccc1. The van der Waals surface area contributed by atoms with E-state index in [9.17, 15) is 0 Å². The summed E-state index contributed by atoms with van der Waals surface area (Å²) in [5, 5.41) is 2.15. The highest BCUT2D eigenvalue weighted by atomic mass is 79.9. The van der Waals surface area contributed by atoms with E-state index in [1.165, 1.54) is 23.3 Å². The Balaban J connectivity index is 1.91. The summed E-state index contributed by atoms with van der Waals surface area (Å²) in [7, 11) is 0. The van der Waals surface area contributed by atoms with Crippen molar-refractivity contribution < 1.29 is 0 Å². The highest BCUT2D eigenvalue weighted by Gasteiger charge is 2.35. The smallest absolute Gasteiger partial charge is 0.0596 e. The molecule has 2 N–H and O–H groups in total. The van der Waals surface area contributed by atoms with Crippen molar-refractivity contribution in [2.24, 2.45) is 5.73 Å². The molecule has 0 bridgehead atoms. The van der Waals surface area contributed by atoms with Gasteiger partial charge in [0.1, 0.15) is 0 Å². The van der Waals surface area contributed by atoms with E-state index in [2.05, 4.69) is 69.5 Å². The first-order chi connectivity index (χ1) is 10.2. The molecule has 3 rings (SSSR count). The van der Waals surface area contributed by atoms with Gasteiger partial charge in [-0.15, -0.1) is 11.3 Å². The topological polar surface area (TPSA) is 29.3 Å². The number of likely N-dealkylation sites (tertiary alicyclic amines) is 1. The third-order valence-electron chi connectivity index (χ3n) is 4.21. The second-order valence-electron chi connectivity index (χ2n) is 5.78. The second kappa shape index (κ2) is 6.61. The monoisotopic (exact) mass is 364 g/mol. The van der Waals surface area contributed by atoms with E-state index in [0.717, 1.165) is 11.0 Å². The third-order valence-corrected chi connectivity index (χ3v) is 5.98. The van der Waals surface area contributed by atoms with Crippen LogP contribution < -0.4 is 5.73 Å². The molecule has 21 heavy (non-hydrogen) atoms. The molecule has 1 aromatic carbocycles. The summed E-state index contributed by atoms with van der Waals surface area (Å²) < 4.78 is 1.16. The Hall–Kier alpha value is -0.680. The Morgan fingerprint density at radius 2 is 2.10 bits per heavy atom. The second-order valence-corrected chi connectivity index (χ2v) is 7.64. The Labute approximate surface area is 139 Å². The van der Waals surface area contributed by atoms with E-state index >= 15 is 0 Å². The molecule has 4 heteroatoms. The number of nitrogens with zero attached hydrogens (tertiary/aromatic N) is 1. The van der Waals surface area contributed by atoms with Gasteiger partial charge in [-0.25, -0.2) is 0 Å². The van der Waals surface area contributed by atoms with E-state index in [1.54, 1.807) is 11.3 Å². The molecule has 1 aliphatic rings. The summed E-state index contributed by atoms with van der Waals surface area (Å²) in [4.78, 5) is 3.96. The largest absolute Gasteiger partial charge is 0.326 e. The number of halogens is 1. The zero-order valence-corrected chi connectivity index (χ0v) is 14.6. The van der Waals surface area contributed by atoms with Crippen molar-refractivity contribution in [1.82, 2.24) is 4.90 Å². The van der Waals surface area contributed by atoms with Gasteiger partial charge < -0.3 is 5.73 Å². The van der Waals surface area contributed by atoms with Crippen molar-refractivity contribution in [2.75, 3.05) is 6.54 Å². The van der Waals surface area contributed by atoms with E-state index in [0.29, 0.717) is 12.1 Å². The van der Waals surface area contributed by atoms with Crippen LogP contribution in [0.4, 0.5) is 0 Å². The van der Waals surface area contributed by atoms with Crippen molar-refractivity contribution >= 4 is 27.3 Å². The quantitative estimate of drug-likeness (QED) is 0.848. The molecule has 1 saturated heterocycles. The normalized spacial score (nSPS) is 22.3. The van der Waals surface area contributed by atoms with E-state index in [1.807, 2.05) is 0 Å². The minimum absolute atomic E-state index is 0.125. The van der Waals surface area contributed by atoms with E-state index in [-0.39, 0.29) is 6.04 Å². The zero-order valence-electron chi connectivity index (χ0n) is 12.2. The van der Waals surface area contributed by atoms with Crippen LogP contribution in [-0.4, -0.2) is 17.5 Å². The lowest BCUT2D eigenvalue weighted by molar-refractivity contribution is 0.164. The molecule has 3 unspecified atom stereocenters. The number of nitrogens with two attached hydrogens (primary N) is 1. The van der Waals surface area contributed by atoms with Gasteiger partial charge in [0.2, 0.25) is 0 Å². The van der Waals surface area contributed by atoms with Crippen LogP contribution in [0, 0.1) is 0 Å². The van der Waals surface area contributed by atoms with Crippen molar-refractivity contribution in [3.05, 3.63) is 56.7 Å². The van der Waals surface area contributed by atoms with Crippen molar-refractivity contribution in [3.63, 3.8) is 0 Å². The lowest BCUT2D eigenvalue weighted by atomic mass is 10.0. The molecule has 0 amide bonds. The number of thiophene rings is 1. The first-order valence-electron chi connectivity index (χ1n) is 7.47. The summed E-state index contributed by atoms with van der Waals surface area (Å²) in [6.45, 7) is 3.25. The van der Waals surface area contributed by atoms with Crippen LogP contribution in [0.15, 0.2) is 46.3 Å². The first-order valence-corrected chi connectivity index (χ1v) is 9.14. The molecule has 3 atom stereocenters. The minimum atomic E-state index is 0.125. The van der Waals surface area contributed by atoms with Crippen LogP contribution >= 0.6 is 27.3 Å². The molecule has 0 saturated carbocycles. The lowest BCUT2D eigenvalue weighted by Gasteiger charge is -2.35. The van der Waals surface area contributed by atoms with Crippen LogP contribution in [0.25, 0.3) is 0 Å². The maximum Gasteiger partial charge on any atom is 0.0596 e. The summed E-state index contributed by atoms with van der Waals surface area (Å²) in [6, 6.07) is 14.0. The van der Waals surface area contributed by atoms with Gasteiger partial charge in [0.05, 0.1) is 6.04 Å². The fraction of sp³-hybridized carbons (Fsp3) is 0.412. The average Bonchev–Trinajstić information content (AvgIpc) is 3.10. The molecule has 2 aromatic rings. The molecular formula is C17H21BrN2S. The Morgan fingerprint density at radius 1 is 1.33 bits per heavy atom. The lowest BCUT2D eigenvalue weighted by Crippen LogP contribution is -2.38. The molecule has 2 heterocycles. The summed E-state index contributed by atoms with van der Waals surface area (Å²) in [5.74, 6) is 0. The zero-order chi connectivity index (χ0) is 14.8. The molecule has 0 radical (unpaired) electrons. The Kier molecular flexibility index (Phi) is 4.79. The Bertz CT molecular complexity index is 581. The van der Waals surface area contributed by atoms with Gasteiger partial charge in [-0.1, -0.05) is 30.3 Å². The molecule has 1 aromatic heterocycles. The molecule has 0 spiro atoms. The average molecular weight is 365 g/mol. The van der Waals surface area contributed by atoms with Gasteiger partial charge >= 0.3 is 0 Å². The molecule has 2 nitrogen and oxygen atoms in total. The molecular weight excluding hydrogens is 344 g/mol. The van der Waals surface area contributed by atoms with E-state index in [4.69, 9.17) is 5.73 Å². The van der Waals surface area contributed by atoms with Gasteiger partial charge in [0, 0.05) is 26.8 Å².